The van der Waals surface area contributed by atoms with Crippen LogP contribution in [0.15, 0.2) is 0 Å². The van der Waals surface area contributed by atoms with Gasteiger partial charge in [-0.1, -0.05) is 26.7 Å². The lowest BCUT2D eigenvalue weighted by Gasteiger charge is -2.25. The average Bonchev–Trinajstić information content (AvgIpc) is 2.95. The van der Waals surface area contributed by atoms with Crippen molar-refractivity contribution >= 4 is 11.9 Å². The van der Waals surface area contributed by atoms with Crippen molar-refractivity contribution in [3.63, 3.8) is 0 Å². The van der Waals surface area contributed by atoms with Gasteiger partial charge in [0.2, 0.25) is 5.91 Å². The lowest BCUT2D eigenvalue weighted by atomic mass is 9.98. The summed E-state index contributed by atoms with van der Waals surface area (Å²) in [4.78, 5) is 25.9. The van der Waals surface area contributed by atoms with Gasteiger partial charge in [-0.25, -0.2) is 0 Å². The minimum Gasteiger partial charge on any atom is -0.469 e. The molecule has 0 aromatic rings. The average molecular weight is 282 g/mol. The SMILES string of the molecule is COC(=O)CCN1C(=O)C2(CCCC2)NC1CC(C)C. The summed E-state index contributed by atoms with van der Waals surface area (Å²) in [5, 5.41) is 3.56. The van der Waals surface area contributed by atoms with Gasteiger partial charge in [0, 0.05) is 6.54 Å². The highest BCUT2D eigenvalue weighted by atomic mass is 16.5. The largest absolute Gasteiger partial charge is 0.469 e. The topological polar surface area (TPSA) is 58.6 Å². The Morgan fingerprint density at radius 3 is 2.65 bits per heavy atom. The molecule has 0 radical (unpaired) electrons. The molecule has 2 rings (SSSR count). The zero-order valence-corrected chi connectivity index (χ0v) is 12.8. The van der Waals surface area contributed by atoms with E-state index >= 15 is 0 Å². The first kappa shape index (κ1) is 15.3. The summed E-state index contributed by atoms with van der Waals surface area (Å²) in [7, 11) is 1.39. The number of carbonyl (C=O) groups is 2. The van der Waals surface area contributed by atoms with E-state index in [0.717, 1.165) is 32.1 Å². The smallest absolute Gasteiger partial charge is 0.307 e. The van der Waals surface area contributed by atoms with Crippen LogP contribution in [-0.4, -0.2) is 42.1 Å². The van der Waals surface area contributed by atoms with Gasteiger partial charge in [-0.2, -0.15) is 0 Å². The number of nitrogens with zero attached hydrogens (tertiary/aromatic N) is 1. The second kappa shape index (κ2) is 6.12. The summed E-state index contributed by atoms with van der Waals surface area (Å²) in [6.45, 7) is 4.77. The summed E-state index contributed by atoms with van der Waals surface area (Å²) >= 11 is 0. The van der Waals surface area contributed by atoms with E-state index in [0.29, 0.717) is 12.5 Å². The Labute approximate surface area is 121 Å². The molecule has 1 N–H and O–H groups in total. The van der Waals surface area contributed by atoms with Crippen LogP contribution < -0.4 is 5.32 Å². The summed E-state index contributed by atoms with van der Waals surface area (Å²) in [6.07, 6.45) is 5.33. The molecule has 2 fully saturated rings. The second-order valence-electron chi connectivity index (χ2n) is 6.40. The number of ether oxygens (including phenoxy) is 1. The molecule has 1 spiro atoms. The molecule has 1 unspecified atom stereocenters. The lowest BCUT2D eigenvalue weighted by molar-refractivity contribution is -0.142. The first-order valence-electron chi connectivity index (χ1n) is 7.64. The van der Waals surface area contributed by atoms with Gasteiger partial charge in [-0.3, -0.25) is 14.9 Å². The molecule has 0 bridgehead atoms. The predicted octanol–water partition coefficient (Wildman–Crippen LogP) is 1.67. The third-order valence-corrected chi connectivity index (χ3v) is 4.43. The van der Waals surface area contributed by atoms with E-state index in [1.54, 1.807) is 0 Å². The van der Waals surface area contributed by atoms with E-state index in [9.17, 15) is 9.59 Å². The molecule has 0 aromatic heterocycles. The number of amides is 1. The first-order valence-corrected chi connectivity index (χ1v) is 7.64. The molecule has 114 valence electrons. The molecule has 5 heteroatoms. The van der Waals surface area contributed by atoms with Crippen LogP contribution in [0.2, 0.25) is 0 Å². The van der Waals surface area contributed by atoms with Gasteiger partial charge in [-0.05, 0) is 25.2 Å². The molecule has 20 heavy (non-hydrogen) atoms. The molecule has 5 nitrogen and oxygen atoms in total. The number of hydrogen-bond acceptors (Lipinski definition) is 4. The predicted molar refractivity (Wildman–Crippen MR) is 75.9 cm³/mol. The van der Waals surface area contributed by atoms with Crippen molar-refractivity contribution in [1.29, 1.82) is 0 Å². The van der Waals surface area contributed by atoms with E-state index in [1.807, 2.05) is 4.90 Å². The van der Waals surface area contributed by atoms with Crippen LogP contribution in [0.25, 0.3) is 0 Å². The summed E-state index contributed by atoms with van der Waals surface area (Å²) < 4.78 is 4.68. The normalized spacial score (nSPS) is 24.9. The lowest BCUT2D eigenvalue weighted by Crippen LogP contribution is -2.44. The maximum absolute atomic E-state index is 12.7. The fourth-order valence-corrected chi connectivity index (χ4v) is 3.42. The number of methoxy groups -OCH3 is 1. The van der Waals surface area contributed by atoms with Crippen molar-refractivity contribution < 1.29 is 14.3 Å². The van der Waals surface area contributed by atoms with Crippen LogP contribution in [0.5, 0.6) is 0 Å². The maximum atomic E-state index is 12.7. The number of esters is 1. The number of nitrogens with one attached hydrogen (secondary N) is 1. The van der Waals surface area contributed by atoms with E-state index in [2.05, 4.69) is 23.9 Å². The molecule has 1 saturated carbocycles. The molecule has 1 aliphatic heterocycles. The quantitative estimate of drug-likeness (QED) is 0.779. The molecular weight excluding hydrogens is 256 g/mol. The number of hydrogen-bond donors (Lipinski definition) is 1. The Kier molecular flexibility index (Phi) is 4.68. The van der Waals surface area contributed by atoms with Gasteiger partial charge in [0.25, 0.3) is 0 Å². The van der Waals surface area contributed by atoms with Crippen LogP contribution in [0.4, 0.5) is 0 Å². The Morgan fingerprint density at radius 1 is 1.45 bits per heavy atom. The van der Waals surface area contributed by atoms with E-state index < -0.39 is 0 Å². The van der Waals surface area contributed by atoms with Crippen LogP contribution in [0.3, 0.4) is 0 Å². The van der Waals surface area contributed by atoms with Gasteiger partial charge in [0.05, 0.1) is 25.2 Å². The van der Waals surface area contributed by atoms with Gasteiger partial charge < -0.3 is 9.64 Å². The zero-order valence-electron chi connectivity index (χ0n) is 12.8. The minimum atomic E-state index is -0.352. The highest BCUT2D eigenvalue weighted by Crippen LogP contribution is 2.37. The fraction of sp³-hybridized carbons (Fsp3) is 0.867. The van der Waals surface area contributed by atoms with Crippen molar-refractivity contribution in [1.82, 2.24) is 10.2 Å². The van der Waals surface area contributed by atoms with Crippen LogP contribution >= 0.6 is 0 Å². The van der Waals surface area contributed by atoms with Crippen molar-refractivity contribution in [2.45, 2.75) is 64.1 Å². The van der Waals surface area contributed by atoms with E-state index in [-0.39, 0.29) is 30.0 Å². The Balaban J connectivity index is 2.07. The molecule has 1 atom stereocenters. The van der Waals surface area contributed by atoms with Crippen molar-refractivity contribution in [3.05, 3.63) is 0 Å². The molecule has 1 aliphatic carbocycles. The third kappa shape index (κ3) is 2.97. The summed E-state index contributed by atoms with van der Waals surface area (Å²) in [5.74, 6) is 0.440. The van der Waals surface area contributed by atoms with Gasteiger partial charge in [0.1, 0.15) is 0 Å². The molecule has 1 amide bonds. The Bertz CT molecular complexity index is 375. The van der Waals surface area contributed by atoms with Gasteiger partial charge in [-0.15, -0.1) is 0 Å². The van der Waals surface area contributed by atoms with E-state index in [4.69, 9.17) is 0 Å². The summed E-state index contributed by atoms with van der Waals surface area (Å²) in [5.41, 5.74) is -0.352. The Morgan fingerprint density at radius 2 is 2.10 bits per heavy atom. The van der Waals surface area contributed by atoms with Gasteiger partial charge >= 0.3 is 5.97 Å². The van der Waals surface area contributed by atoms with Crippen LogP contribution in [0.1, 0.15) is 52.4 Å². The van der Waals surface area contributed by atoms with Crippen molar-refractivity contribution in [3.8, 4) is 0 Å². The third-order valence-electron chi connectivity index (χ3n) is 4.43. The standard InChI is InChI=1S/C15H26N2O3/c1-11(2)10-12-16-15(7-4-5-8-15)14(19)17(12)9-6-13(18)20-3/h11-12,16H,4-10H2,1-3H3. The monoisotopic (exact) mass is 282 g/mol. The van der Waals surface area contributed by atoms with Crippen LogP contribution in [0, 0.1) is 5.92 Å². The molecular formula is C15H26N2O3. The minimum absolute atomic E-state index is 0.0604. The van der Waals surface area contributed by atoms with E-state index in [1.165, 1.54) is 7.11 Å². The second-order valence-corrected chi connectivity index (χ2v) is 6.40. The van der Waals surface area contributed by atoms with Crippen molar-refractivity contribution in [2.75, 3.05) is 13.7 Å². The molecule has 0 aromatic carbocycles. The maximum Gasteiger partial charge on any atom is 0.307 e. The first-order chi connectivity index (χ1) is 9.48. The molecule has 1 saturated heterocycles. The zero-order chi connectivity index (χ0) is 14.8. The number of rotatable bonds is 5. The fourth-order valence-electron chi connectivity index (χ4n) is 3.42. The summed E-state index contributed by atoms with van der Waals surface area (Å²) in [6, 6.07) is 0. The van der Waals surface area contributed by atoms with Gasteiger partial charge in [0.15, 0.2) is 0 Å². The molecule has 2 aliphatic rings. The Hall–Kier alpha value is -1.10. The van der Waals surface area contributed by atoms with Crippen LogP contribution in [-0.2, 0) is 14.3 Å². The highest BCUT2D eigenvalue weighted by molar-refractivity contribution is 5.89. The number of carbonyl (C=O) groups excluding carboxylic acids is 2. The van der Waals surface area contributed by atoms with Crippen molar-refractivity contribution in [2.24, 2.45) is 5.92 Å². The molecule has 1 heterocycles. The highest BCUT2D eigenvalue weighted by Gasteiger charge is 2.51.